The van der Waals surface area contributed by atoms with Crippen LogP contribution in [0, 0.1) is 11.8 Å². The Bertz CT molecular complexity index is 1100. The van der Waals surface area contributed by atoms with Crippen LogP contribution < -0.4 is 26.7 Å². The van der Waals surface area contributed by atoms with Crippen LogP contribution in [0.1, 0.15) is 48.7 Å². The minimum atomic E-state index is -1.29. The Morgan fingerprint density at radius 3 is 2.22 bits per heavy atom. The number of hydroxylamine groups is 1. The summed E-state index contributed by atoms with van der Waals surface area (Å²) in [6, 6.07) is 12.7. The molecule has 2 aromatic rings. The summed E-state index contributed by atoms with van der Waals surface area (Å²) in [7, 11) is 0. The molecular formula is C27H35N5O5. The van der Waals surface area contributed by atoms with Gasteiger partial charge in [0.2, 0.25) is 5.91 Å². The van der Waals surface area contributed by atoms with Gasteiger partial charge in [0, 0.05) is 35.0 Å². The van der Waals surface area contributed by atoms with E-state index in [4.69, 9.17) is 5.21 Å². The molecule has 0 spiro atoms. The summed E-state index contributed by atoms with van der Waals surface area (Å²) < 4.78 is 0. The van der Waals surface area contributed by atoms with Crippen molar-refractivity contribution in [2.24, 2.45) is 0 Å². The van der Waals surface area contributed by atoms with Crippen LogP contribution in [0.3, 0.4) is 0 Å². The van der Waals surface area contributed by atoms with Crippen LogP contribution in [0.25, 0.3) is 0 Å². The number of hydrogen-bond donors (Lipinski definition) is 7. The number of benzene rings is 2. The number of rotatable bonds is 9. The molecule has 37 heavy (non-hydrogen) atoms. The molecule has 1 aliphatic heterocycles. The average Bonchev–Trinajstić information content (AvgIpc) is 3.40. The number of hydrogen-bond acceptors (Lipinski definition) is 7. The van der Waals surface area contributed by atoms with Crippen LogP contribution in [-0.2, 0) is 9.59 Å². The number of carbonyl (C=O) groups is 3. The molecule has 0 aliphatic carbocycles. The van der Waals surface area contributed by atoms with Crippen molar-refractivity contribution >= 4 is 23.4 Å². The second-order valence-corrected chi connectivity index (χ2v) is 8.54. The maximum Gasteiger partial charge on any atom is 0.268 e. The Morgan fingerprint density at radius 1 is 1.05 bits per heavy atom. The SMILES string of the molecule is C.C[C@@H](O)[C@H](NC(=O)c1ccc(C#Cc2ccc(NC(=O)CNC[C@@H]3CCCN3)cc2)cc1)C(=O)NO. The smallest absolute Gasteiger partial charge is 0.268 e. The van der Waals surface area contributed by atoms with Crippen LogP contribution >= 0.6 is 0 Å². The molecular weight excluding hydrogens is 474 g/mol. The Hall–Kier alpha value is -3.75. The Morgan fingerprint density at radius 2 is 1.68 bits per heavy atom. The first-order valence-electron chi connectivity index (χ1n) is 11.7. The van der Waals surface area contributed by atoms with Gasteiger partial charge in [-0.05, 0) is 74.8 Å². The number of aliphatic hydroxyl groups is 1. The number of nitrogens with one attached hydrogen (secondary N) is 5. The van der Waals surface area contributed by atoms with Crippen molar-refractivity contribution in [2.75, 3.05) is 25.0 Å². The van der Waals surface area contributed by atoms with Gasteiger partial charge in [0.15, 0.2) is 0 Å². The lowest BCUT2D eigenvalue weighted by molar-refractivity contribution is -0.133. The van der Waals surface area contributed by atoms with E-state index in [2.05, 4.69) is 33.1 Å². The van der Waals surface area contributed by atoms with Crippen molar-refractivity contribution in [1.82, 2.24) is 21.4 Å². The summed E-state index contributed by atoms with van der Waals surface area (Å²) in [6.07, 6.45) is 1.11. The molecule has 1 aliphatic rings. The van der Waals surface area contributed by atoms with Crippen molar-refractivity contribution in [3.63, 3.8) is 0 Å². The second kappa shape index (κ2) is 14.7. The number of amides is 3. The van der Waals surface area contributed by atoms with Crippen molar-refractivity contribution in [3.05, 3.63) is 65.2 Å². The molecule has 7 N–H and O–H groups in total. The molecule has 10 nitrogen and oxygen atoms in total. The zero-order valence-electron chi connectivity index (χ0n) is 20.0. The van der Waals surface area contributed by atoms with E-state index in [0.717, 1.165) is 25.1 Å². The highest BCUT2D eigenvalue weighted by Gasteiger charge is 2.25. The first-order valence-corrected chi connectivity index (χ1v) is 11.7. The maximum absolute atomic E-state index is 12.3. The van der Waals surface area contributed by atoms with Gasteiger partial charge >= 0.3 is 0 Å². The van der Waals surface area contributed by atoms with Crippen molar-refractivity contribution in [2.45, 2.75) is 45.4 Å². The molecule has 0 unspecified atom stereocenters. The Kier molecular flexibility index (Phi) is 11.7. The standard InChI is InChI=1S/C26H31N5O5.CH4/c1-17(32)24(26(35)31-36)30-25(34)20-10-6-18(7-11-20)4-5-19-8-12-21(13-9-19)29-23(33)16-27-15-22-3-2-14-28-22;/h6-13,17,22,24,27-28,32,36H,2-3,14-16H2,1H3,(H,29,33)(H,30,34)(H,31,35);1H4/t17-,22+,24+;/m1./s1. The van der Waals surface area contributed by atoms with Gasteiger partial charge in [0.05, 0.1) is 12.6 Å². The van der Waals surface area contributed by atoms with E-state index in [1.807, 2.05) is 12.1 Å². The molecule has 198 valence electrons. The minimum absolute atomic E-state index is 0. The van der Waals surface area contributed by atoms with Crippen molar-refractivity contribution in [1.29, 1.82) is 0 Å². The molecule has 10 heteroatoms. The number of carbonyl (C=O) groups excluding carboxylic acids is 3. The summed E-state index contributed by atoms with van der Waals surface area (Å²) >= 11 is 0. The normalized spacial score (nSPS) is 15.8. The van der Waals surface area contributed by atoms with E-state index in [9.17, 15) is 19.5 Å². The predicted molar refractivity (Wildman–Crippen MR) is 141 cm³/mol. The first kappa shape index (κ1) is 29.5. The van der Waals surface area contributed by atoms with Crippen LogP contribution in [0.15, 0.2) is 48.5 Å². The largest absolute Gasteiger partial charge is 0.391 e. The summed E-state index contributed by atoms with van der Waals surface area (Å²) in [5.74, 6) is 4.44. The van der Waals surface area contributed by atoms with Gasteiger partial charge < -0.3 is 26.4 Å². The Labute approximate surface area is 217 Å². The lowest BCUT2D eigenvalue weighted by Gasteiger charge is -2.19. The van der Waals surface area contributed by atoms with E-state index in [1.54, 1.807) is 36.4 Å². The summed E-state index contributed by atoms with van der Waals surface area (Å²) in [5, 5.41) is 30.2. The molecule has 0 aromatic heterocycles. The van der Waals surface area contributed by atoms with Gasteiger partial charge in [-0.15, -0.1) is 0 Å². The fourth-order valence-corrected chi connectivity index (χ4v) is 3.68. The number of anilines is 1. The molecule has 1 saturated heterocycles. The molecule has 3 amide bonds. The highest BCUT2D eigenvalue weighted by atomic mass is 16.5. The molecule has 0 bridgehead atoms. The van der Waals surface area contributed by atoms with E-state index >= 15 is 0 Å². The number of aliphatic hydroxyl groups excluding tert-OH is 1. The quantitative estimate of drug-likeness (QED) is 0.151. The molecule has 1 heterocycles. The molecule has 0 radical (unpaired) electrons. The minimum Gasteiger partial charge on any atom is -0.391 e. The molecule has 2 aromatic carbocycles. The fourth-order valence-electron chi connectivity index (χ4n) is 3.68. The summed E-state index contributed by atoms with van der Waals surface area (Å²) in [4.78, 5) is 36.0. The third kappa shape index (κ3) is 9.33. The zero-order chi connectivity index (χ0) is 25.9. The summed E-state index contributed by atoms with van der Waals surface area (Å²) in [5.41, 5.74) is 3.81. The van der Waals surface area contributed by atoms with Gasteiger partial charge in [0.25, 0.3) is 11.8 Å². The Balaban J connectivity index is 0.00000481. The van der Waals surface area contributed by atoms with Crippen LogP contribution in [0.5, 0.6) is 0 Å². The zero-order valence-corrected chi connectivity index (χ0v) is 20.0. The summed E-state index contributed by atoms with van der Waals surface area (Å²) in [6.45, 7) is 3.39. The van der Waals surface area contributed by atoms with Crippen LogP contribution in [-0.4, -0.2) is 65.9 Å². The van der Waals surface area contributed by atoms with Gasteiger partial charge in [-0.3, -0.25) is 19.6 Å². The molecule has 3 rings (SSSR count). The third-order valence-electron chi connectivity index (χ3n) is 5.67. The molecule has 3 atom stereocenters. The maximum atomic E-state index is 12.3. The molecule has 1 fully saturated rings. The third-order valence-corrected chi connectivity index (χ3v) is 5.67. The van der Waals surface area contributed by atoms with Crippen LogP contribution in [0.4, 0.5) is 5.69 Å². The second-order valence-electron chi connectivity index (χ2n) is 8.54. The van der Waals surface area contributed by atoms with Crippen molar-refractivity contribution in [3.8, 4) is 11.8 Å². The van der Waals surface area contributed by atoms with Gasteiger partial charge in [0.1, 0.15) is 6.04 Å². The van der Waals surface area contributed by atoms with Crippen molar-refractivity contribution < 1.29 is 24.7 Å². The van der Waals surface area contributed by atoms with Crippen LogP contribution in [0.2, 0.25) is 0 Å². The lowest BCUT2D eigenvalue weighted by atomic mass is 10.1. The van der Waals surface area contributed by atoms with E-state index < -0.39 is 24.0 Å². The molecule has 0 saturated carbocycles. The lowest BCUT2D eigenvalue weighted by Crippen LogP contribution is -2.51. The highest BCUT2D eigenvalue weighted by Crippen LogP contribution is 2.10. The van der Waals surface area contributed by atoms with Gasteiger partial charge in [-0.25, -0.2) is 5.48 Å². The van der Waals surface area contributed by atoms with Gasteiger partial charge in [-0.2, -0.15) is 0 Å². The van der Waals surface area contributed by atoms with E-state index in [-0.39, 0.29) is 25.4 Å². The first-order chi connectivity index (χ1) is 17.4. The predicted octanol–water partition coefficient (Wildman–Crippen LogP) is 0.987. The average molecular weight is 510 g/mol. The highest BCUT2D eigenvalue weighted by molar-refractivity contribution is 5.97. The monoisotopic (exact) mass is 509 g/mol. The van der Waals surface area contributed by atoms with E-state index in [0.29, 0.717) is 17.3 Å². The van der Waals surface area contributed by atoms with Gasteiger partial charge in [-0.1, -0.05) is 19.3 Å². The topological polar surface area (TPSA) is 152 Å². The van der Waals surface area contributed by atoms with E-state index in [1.165, 1.54) is 18.8 Å². The fraction of sp³-hybridized carbons (Fsp3) is 0.370.